The summed E-state index contributed by atoms with van der Waals surface area (Å²) in [5, 5.41) is 16.7. The number of H-pyrrole nitrogens is 1. The molecule has 0 bridgehead atoms. The maximum absolute atomic E-state index is 12.8. The number of fused-ring (bicyclic) bond motifs is 1. The van der Waals surface area contributed by atoms with Crippen molar-refractivity contribution in [1.29, 1.82) is 0 Å². The van der Waals surface area contributed by atoms with Crippen molar-refractivity contribution in [3.63, 3.8) is 0 Å². The number of hydrogen-bond donors (Lipinski definition) is 2. The number of carbonyl (C=O) groups is 2. The van der Waals surface area contributed by atoms with Crippen LogP contribution >= 0.6 is 0 Å². The van der Waals surface area contributed by atoms with E-state index >= 15 is 0 Å². The lowest BCUT2D eigenvalue weighted by molar-refractivity contribution is -0.141. The Morgan fingerprint density at radius 1 is 1.29 bits per heavy atom. The predicted octanol–water partition coefficient (Wildman–Crippen LogP) is 1.23. The van der Waals surface area contributed by atoms with Crippen LogP contribution in [-0.4, -0.2) is 50.2 Å². The predicted molar refractivity (Wildman–Crippen MR) is 84.6 cm³/mol. The first-order valence-corrected chi connectivity index (χ1v) is 8.13. The second kappa shape index (κ2) is 5.74. The molecule has 0 aromatic carbocycles. The summed E-state index contributed by atoms with van der Waals surface area (Å²) in [5.74, 6) is -1.92. The van der Waals surface area contributed by atoms with Crippen LogP contribution in [0.3, 0.4) is 0 Å². The molecule has 2 aliphatic rings. The summed E-state index contributed by atoms with van der Waals surface area (Å²) in [6.45, 7) is 0.582. The second-order valence-corrected chi connectivity index (χ2v) is 6.43. The van der Waals surface area contributed by atoms with Crippen molar-refractivity contribution >= 4 is 11.9 Å². The van der Waals surface area contributed by atoms with E-state index in [0.717, 1.165) is 36.1 Å². The standard InChI is InChI=1S/C17H18N4O3/c22-16(15-11-4-1-5-14(11)19-20-15)21-8-12(13(9-21)17(23)24)10-3-2-6-18-7-10/h2-3,6-7,12-13H,1,4-5,8-9H2,(H,19,20)(H,23,24)/t12-,13+/m0/s1. The highest BCUT2D eigenvalue weighted by Crippen LogP contribution is 2.34. The van der Waals surface area contributed by atoms with Crippen molar-refractivity contribution in [2.24, 2.45) is 5.92 Å². The fourth-order valence-electron chi connectivity index (χ4n) is 3.80. The molecule has 0 radical (unpaired) electrons. The van der Waals surface area contributed by atoms with E-state index in [-0.39, 0.29) is 18.4 Å². The van der Waals surface area contributed by atoms with Gasteiger partial charge in [0.05, 0.1) is 5.92 Å². The zero-order valence-electron chi connectivity index (χ0n) is 13.1. The quantitative estimate of drug-likeness (QED) is 0.884. The number of aryl methyl sites for hydroxylation is 1. The van der Waals surface area contributed by atoms with Gasteiger partial charge in [0.15, 0.2) is 5.69 Å². The molecule has 2 atom stereocenters. The number of amides is 1. The number of pyridine rings is 1. The molecule has 24 heavy (non-hydrogen) atoms. The smallest absolute Gasteiger partial charge is 0.308 e. The maximum Gasteiger partial charge on any atom is 0.308 e. The summed E-state index contributed by atoms with van der Waals surface area (Å²) in [5.41, 5.74) is 3.35. The van der Waals surface area contributed by atoms with Gasteiger partial charge in [-0.25, -0.2) is 0 Å². The van der Waals surface area contributed by atoms with Crippen molar-refractivity contribution < 1.29 is 14.7 Å². The van der Waals surface area contributed by atoms with Crippen molar-refractivity contribution in [2.75, 3.05) is 13.1 Å². The van der Waals surface area contributed by atoms with Gasteiger partial charge in [-0.2, -0.15) is 5.10 Å². The van der Waals surface area contributed by atoms with Crippen LogP contribution in [0.25, 0.3) is 0 Å². The summed E-state index contributed by atoms with van der Waals surface area (Å²) < 4.78 is 0. The van der Waals surface area contributed by atoms with Gasteiger partial charge in [0.25, 0.3) is 5.91 Å². The molecule has 3 heterocycles. The van der Waals surface area contributed by atoms with Gasteiger partial charge in [-0.3, -0.25) is 19.7 Å². The van der Waals surface area contributed by atoms with Gasteiger partial charge >= 0.3 is 5.97 Å². The molecule has 1 fully saturated rings. The SMILES string of the molecule is O=C(O)[C@@H]1CN(C(=O)c2n[nH]c3c2CCC3)C[C@H]1c1cccnc1. The van der Waals surface area contributed by atoms with Crippen LogP contribution in [0.1, 0.15) is 39.6 Å². The minimum Gasteiger partial charge on any atom is -0.481 e. The Labute approximate surface area is 138 Å². The first-order chi connectivity index (χ1) is 11.6. The third kappa shape index (κ3) is 2.36. The molecule has 1 saturated heterocycles. The molecule has 124 valence electrons. The molecule has 7 heteroatoms. The highest BCUT2D eigenvalue weighted by atomic mass is 16.4. The fraction of sp³-hybridized carbons (Fsp3) is 0.412. The van der Waals surface area contributed by atoms with E-state index < -0.39 is 11.9 Å². The summed E-state index contributed by atoms with van der Waals surface area (Å²) in [4.78, 5) is 30.2. The number of aromatic amines is 1. The average Bonchev–Trinajstić information content (AvgIpc) is 3.30. The molecule has 0 saturated carbocycles. The van der Waals surface area contributed by atoms with Crippen LogP contribution in [0.5, 0.6) is 0 Å². The van der Waals surface area contributed by atoms with E-state index in [1.54, 1.807) is 23.4 Å². The Balaban J connectivity index is 1.60. The number of likely N-dealkylation sites (tertiary alicyclic amines) is 1. The topological polar surface area (TPSA) is 99.2 Å². The van der Waals surface area contributed by atoms with Gasteiger partial charge in [0.1, 0.15) is 0 Å². The number of carboxylic acid groups (broad SMARTS) is 1. The monoisotopic (exact) mass is 326 g/mol. The number of rotatable bonds is 3. The first kappa shape index (κ1) is 14.9. The molecular formula is C17H18N4O3. The first-order valence-electron chi connectivity index (χ1n) is 8.13. The normalized spacial score (nSPS) is 22.6. The number of nitrogens with zero attached hydrogens (tertiary/aromatic N) is 3. The minimum atomic E-state index is -0.883. The molecule has 0 unspecified atom stereocenters. The largest absolute Gasteiger partial charge is 0.481 e. The Kier molecular flexibility index (Phi) is 3.55. The highest BCUT2D eigenvalue weighted by Gasteiger charge is 2.42. The number of carbonyl (C=O) groups excluding carboxylic acids is 1. The number of hydrogen-bond acceptors (Lipinski definition) is 4. The zero-order valence-corrected chi connectivity index (χ0v) is 13.1. The van der Waals surface area contributed by atoms with Crippen LogP contribution < -0.4 is 0 Å². The number of carboxylic acids is 1. The third-order valence-corrected chi connectivity index (χ3v) is 5.05. The zero-order chi connectivity index (χ0) is 16.7. The molecule has 1 aliphatic carbocycles. The van der Waals surface area contributed by atoms with Gasteiger partial charge in [-0.1, -0.05) is 6.07 Å². The van der Waals surface area contributed by atoms with Gasteiger partial charge in [0.2, 0.25) is 0 Å². The van der Waals surface area contributed by atoms with Gasteiger partial charge in [-0.15, -0.1) is 0 Å². The van der Waals surface area contributed by atoms with E-state index in [2.05, 4.69) is 15.2 Å². The van der Waals surface area contributed by atoms with Crippen molar-refractivity contribution in [1.82, 2.24) is 20.1 Å². The Morgan fingerprint density at radius 3 is 2.92 bits per heavy atom. The van der Waals surface area contributed by atoms with Crippen LogP contribution in [-0.2, 0) is 17.6 Å². The van der Waals surface area contributed by atoms with Gasteiger partial charge in [-0.05, 0) is 30.9 Å². The summed E-state index contributed by atoms with van der Waals surface area (Å²) >= 11 is 0. The number of aromatic nitrogens is 3. The van der Waals surface area contributed by atoms with E-state index in [4.69, 9.17) is 0 Å². The van der Waals surface area contributed by atoms with Crippen LogP contribution in [0, 0.1) is 5.92 Å². The number of aliphatic carboxylic acids is 1. The highest BCUT2D eigenvalue weighted by molar-refractivity contribution is 5.95. The summed E-state index contributed by atoms with van der Waals surface area (Å²) in [7, 11) is 0. The molecule has 7 nitrogen and oxygen atoms in total. The second-order valence-electron chi connectivity index (χ2n) is 6.43. The number of nitrogens with one attached hydrogen (secondary N) is 1. The summed E-state index contributed by atoms with van der Waals surface area (Å²) in [6.07, 6.45) is 6.14. The molecule has 2 N–H and O–H groups in total. The molecule has 0 spiro atoms. The van der Waals surface area contributed by atoms with Crippen molar-refractivity contribution in [2.45, 2.75) is 25.2 Å². The average molecular weight is 326 g/mol. The van der Waals surface area contributed by atoms with Crippen LogP contribution in [0.15, 0.2) is 24.5 Å². The van der Waals surface area contributed by atoms with E-state index in [0.29, 0.717) is 12.2 Å². The Morgan fingerprint density at radius 2 is 2.17 bits per heavy atom. The van der Waals surface area contributed by atoms with Crippen molar-refractivity contribution in [3.8, 4) is 0 Å². The Bertz CT molecular complexity index is 786. The van der Waals surface area contributed by atoms with Gasteiger partial charge in [0, 0.05) is 42.7 Å². The van der Waals surface area contributed by atoms with E-state index in [9.17, 15) is 14.7 Å². The lowest BCUT2D eigenvalue weighted by atomic mass is 9.90. The van der Waals surface area contributed by atoms with E-state index in [1.165, 1.54) is 0 Å². The molecule has 1 aliphatic heterocycles. The Hall–Kier alpha value is -2.70. The molecule has 1 amide bonds. The van der Waals surface area contributed by atoms with E-state index in [1.807, 2.05) is 6.07 Å². The summed E-state index contributed by atoms with van der Waals surface area (Å²) in [6, 6.07) is 3.66. The molecule has 2 aromatic rings. The van der Waals surface area contributed by atoms with Gasteiger partial charge < -0.3 is 10.0 Å². The minimum absolute atomic E-state index is 0.174. The maximum atomic E-state index is 12.8. The molecular weight excluding hydrogens is 308 g/mol. The lowest BCUT2D eigenvalue weighted by Crippen LogP contribution is -2.30. The van der Waals surface area contributed by atoms with Crippen LogP contribution in [0.2, 0.25) is 0 Å². The molecule has 2 aromatic heterocycles. The lowest BCUT2D eigenvalue weighted by Gasteiger charge is -2.15. The van der Waals surface area contributed by atoms with Crippen molar-refractivity contribution in [3.05, 3.63) is 47.0 Å². The third-order valence-electron chi connectivity index (χ3n) is 5.05. The molecule has 4 rings (SSSR count). The van der Waals surface area contributed by atoms with Crippen LogP contribution in [0.4, 0.5) is 0 Å². The fourth-order valence-corrected chi connectivity index (χ4v) is 3.80.